The molecule has 2 amide bonds. The minimum absolute atomic E-state index is 0.108. The summed E-state index contributed by atoms with van der Waals surface area (Å²) in [6.45, 7) is -0.108. The molecule has 5 nitrogen and oxygen atoms in total. The van der Waals surface area contributed by atoms with Crippen LogP contribution in [0.25, 0.3) is 0 Å². The Morgan fingerprint density at radius 1 is 1.19 bits per heavy atom. The highest BCUT2D eigenvalue weighted by Gasteiger charge is 2.19. The molecule has 2 aromatic carbocycles. The molecule has 26 heavy (non-hydrogen) atoms. The number of nitrogens with one attached hydrogen (secondary N) is 1. The molecule has 1 N–H and O–H groups in total. The molecule has 0 radical (unpaired) electrons. The number of hydrogen-bond acceptors (Lipinski definition) is 4. The molecule has 2 rings (SSSR count). The Labute approximate surface area is 166 Å². The summed E-state index contributed by atoms with van der Waals surface area (Å²) >= 11 is 13.7. The van der Waals surface area contributed by atoms with Gasteiger partial charge in [0.15, 0.2) is 5.75 Å². The monoisotopic (exact) mass is 412 g/mol. The number of amides is 2. The number of thioether (sulfide) groups is 1. The molecule has 0 aliphatic heterocycles. The van der Waals surface area contributed by atoms with Crippen molar-refractivity contribution < 1.29 is 14.3 Å². The first kappa shape index (κ1) is 20.4. The topological polar surface area (TPSA) is 58.6 Å². The maximum Gasteiger partial charge on any atom is 0.254 e. The number of rotatable bonds is 6. The van der Waals surface area contributed by atoms with E-state index in [1.54, 1.807) is 0 Å². The summed E-state index contributed by atoms with van der Waals surface area (Å²) in [5.41, 5.74) is 0.988. The number of carbonyl (C=O) groups excluding carboxylic acids is 2. The van der Waals surface area contributed by atoms with E-state index >= 15 is 0 Å². The first-order chi connectivity index (χ1) is 12.4. The lowest BCUT2D eigenvalue weighted by atomic mass is 10.2. The van der Waals surface area contributed by atoms with Gasteiger partial charge in [0.1, 0.15) is 0 Å². The van der Waals surface area contributed by atoms with Gasteiger partial charge >= 0.3 is 0 Å². The summed E-state index contributed by atoms with van der Waals surface area (Å²) in [5, 5.41) is 3.28. The normalized spacial score (nSPS) is 10.3. The second kappa shape index (κ2) is 9.16. The lowest BCUT2D eigenvalue weighted by Gasteiger charge is -2.18. The molecular weight excluding hydrogens is 395 g/mol. The van der Waals surface area contributed by atoms with Crippen molar-refractivity contribution in [1.82, 2.24) is 4.90 Å². The molecule has 0 aliphatic carbocycles. The first-order valence-electron chi connectivity index (χ1n) is 7.58. The van der Waals surface area contributed by atoms with E-state index in [4.69, 9.17) is 27.9 Å². The Morgan fingerprint density at radius 3 is 2.38 bits per heavy atom. The zero-order chi connectivity index (χ0) is 19.3. The number of benzene rings is 2. The standard InChI is InChI=1S/C18H18Cl2N2O3S/c1-22(10-16(23)21-14-6-4-5-7-15(14)26-3)18(24)11-8-12(19)17(25-2)13(20)9-11/h4-9H,10H2,1-3H3,(H,21,23). The fourth-order valence-electron chi connectivity index (χ4n) is 2.32. The maximum atomic E-state index is 12.5. The number of anilines is 1. The Bertz CT molecular complexity index is 807. The number of halogens is 2. The van der Waals surface area contributed by atoms with Crippen LogP contribution in [0.3, 0.4) is 0 Å². The summed E-state index contributed by atoms with van der Waals surface area (Å²) < 4.78 is 5.07. The Balaban J connectivity index is 2.08. The largest absolute Gasteiger partial charge is 0.494 e. The molecule has 2 aromatic rings. The van der Waals surface area contributed by atoms with E-state index in [1.807, 2.05) is 30.5 Å². The molecule has 0 bridgehead atoms. The van der Waals surface area contributed by atoms with Crippen molar-refractivity contribution in [2.45, 2.75) is 4.90 Å². The SMILES string of the molecule is COc1c(Cl)cc(C(=O)N(C)CC(=O)Nc2ccccc2SC)cc1Cl. The van der Waals surface area contributed by atoms with Crippen LogP contribution < -0.4 is 10.1 Å². The molecule has 0 fully saturated rings. The summed E-state index contributed by atoms with van der Waals surface area (Å²) in [6, 6.07) is 10.4. The van der Waals surface area contributed by atoms with Crippen molar-refractivity contribution >= 4 is 52.5 Å². The van der Waals surface area contributed by atoms with E-state index in [0.717, 1.165) is 4.90 Å². The molecule has 0 heterocycles. The molecular formula is C18H18Cl2N2O3S. The molecule has 0 aromatic heterocycles. The maximum absolute atomic E-state index is 12.5. The molecule has 0 saturated carbocycles. The third kappa shape index (κ3) is 4.84. The highest BCUT2D eigenvalue weighted by Crippen LogP contribution is 2.34. The van der Waals surface area contributed by atoms with Crippen LogP contribution in [-0.4, -0.2) is 43.7 Å². The second-order valence-corrected chi connectivity index (χ2v) is 7.05. The number of carbonyl (C=O) groups is 2. The van der Waals surface area contributed by atoms with Crippen molar-refractivity contribution in [3.8, 4) is 5.75 Å². The van der Waals surface area contributed by atoms with E-state index in [9.17, 15) is 9.59 Å². The van der Waals surface area contributed by atoms with Crippen LogP contribution in [0, 0.1) is 0 Å². The fraction of sp³-hybridized carbons (Fsp3) is 0.222. The Hall–Kier alpha value is -1.89. The van der Waals surface area contributed by atoms with Gasteiger partial charge in [-0.25, -0.2) is 0 Å². The number of methoxy groups -OCH3 is 1. The van der Waals surface area contributed by atoms with Gasteiger partial charge in [-0.15, -0.1) is 11.8 Å². The molecule has 138 valence electrons. The number of para-hydroxylation sites is 1. The molecule has 0 atom stereocenters. The number of hydrogen-bond donors (Lipinski definition) is 1. The van der Waals surface area contributed by atoms with Gasteiger partial charge < -0.3 is 15.0 Å². The minimum Gasteiger partial charge on any atom is -0.494 e. The summed E-state index contributed by atoms with van der Waals surface area (Å²) in [6.07, 6.45) is 1.93. The number of nitrogens with zero attached hydrogens (tertiary/aromatic N) is 1. The second-order valence-electron chi connectivity index (χ2n) is 5.38. The number of ether oxygens (including phenoxy) is 1. The number of likely N-dealkylation sites (N-methyl/N-ethyl adjacent to an activating group) is 1. The van der Waals surface area contributed by atoms with Gasteiger partial charge in [0, 0.05) is 17.5 Å². The van der Waals surface area contributed by atoms with Gasteiger partial charge in [-0.2, -0.15) is 0 Å². The van der Waals surface area contributed by atoms with Gasteiger partial charge in [0.25, 0.3) is 5.91 Å². The van der Waals surface area contributed by atoms with Gasteiger partial charge in [0.05, 0.1) is 29.4 Å². The van der Waals surface area contributed by atoms with Crippen LogP contribution in [0.15, 0.2) is 41.3 Å². The lowest BCUT2D eigenvalue weighted by Crippen LogP contribution is -2.35. The van der Waals surface area contributed by atoms with Crippen LogP contribution in [0.5, 0.6) is 5.75 Å². The predicted octanol–water partition coefficient (Wildman–Crippen LogP) is 4.43. The average Bonchev–Trinajstić information content (AvgIpc) is 2.61. The fourth-order valence-corrected chi connectivity index (χ4v) is 3.52. The van der Waals surface area contributed by atoms with Gasteiger partial charge in [-0.3, -0.25) is 9.59 Å². The molecule has 8 heteroatoms. The van der Waals surface area contributed by atoms with Crippen LogP contribution in [0.1, 0.15) is 10.4 Å². The third-order valence-electron chi connectivity index (χ3n) is 3.56. The van der Waals surface area contributed by atoms with E-state index in [1.165, 1.54) is 43.0 Å². The Morgan fingerprint density at radius 2 is 1.81 bits per heavy atom. The van der Waals surface area contributed by atoms with Crippen LogP contribution >= 0.6 is 35.0 Å². The van der Waals surface area contributed by atoms with Crippen molar-refractivity contribution in [2.75, 3.05) is 32.3 Å². The lowest BCUT2D eigenvalue weighted by molar-refractivity contribution is -0.116. The van der Waals surface area contributed by atoms with Crippen molar-refractivity contribution in [2.24, 2.45) is 0 Å². The molecule has 0 saturated heterocycles. The molecule has 0 spiro atoms. The van der Waals surface area contributed by atoms with E-state index in [-0.39, 0.29) is 34.0 Å². The predicted molar refractivity (Wildman–Crippen MR) is 107 cm³/mol. The molecule has 0 aliphatic rings. The van der Waals surface area contributed by atoms with Gasteiger partial charge in [-0.1, -0.05) is 35.3 Å². The van der Waals surface area contributed by atoms with Gasteiger partial charge in [0.2, 0.25) is 5.91 Å². The summed E-state index contributed by atoms with van der Waals surface area (Å²) in [4.78, 5) is 27.1. The average molecular weight is 413 g/mol. The van der Waals surface area contributed by atoms with Crippen molar-refractivity contribution in [1.29, 1.82) is 0 Å². The zero-order valence-electron chi connectivity index (χ0n) is 14.5. The highest BCUT2D eigenvalue weighted by atomic mass is 35.5. The van der Waals surface area contributed by atoms with E-state index < -0.39 is 0 Å². The minimum atomic E-state index is -0.371. The zero-order valence-corrected chi connectivity index (χ0v) is 16.8. The van der Waals surface area contributed by atoms with Crippen LogP contribution in [0.4, 0.5) is 5.69 Å². The van der Waals surface area contributed by atoms with Crippen LogP contribution in [0.2, 0.25) is 10.0 Å². The van der Waals surface area contributed by atoms with E-state index in [0.29, 0.717) is 11.4 Å². The van der Waals surface area contributed by atoms with Crippen molar-refractivity contribution in [3.05, 3.63) is 52.0 Å². The van der Waals surface area contributed by atoms with Crippen LogP contribution in [-0.2, 0) is 4.79 Å². The summed E-state index contributed by atoms with van der Waals surface area (Å²) in [7, 11) is 2.98. The summed E-state index contributed by atoms with van der Waals surface area (Å²) in [5.74, 6) is -0.364. The smallest absolute Gasteiger partial charge is 0.254 e. The van der Waals surface area contributed by atoms with Gasteiger partial charge in [-0.05, 0) is 30.5 Å². The Kier molecular flexibility index (Phi) is 7.20. The molecule has 0 unspecified atom stereocenters. The first-order valence-corrected chi connectivity index (χ1v) is 9.56. The quantitative estimate of drug-likeness (QED) is 0.712. The van der Waals surface area contributed by atoms with Crippen molar-refractivity contribution in [3.63, 3.8) is 0 Å². The van der Waals surface area contributed by atoms with E-state index in [2.05, 4.69) is 5.32 Å². The third-order valence-corrected chi connectivity index (χ3v) is 4.92. The highest BCUT2D eigenvalue weighted by molar-refractivity contribution is 7.98.